The predicted octanol–water partition coefficient (Wildman–Crippen LogP) is 4.50. The van der Waals surface area contributed by atoms with Crippen LogP contribution in [-0.2, 0) is 17.0 Å². The maximum absolute atomic E-state index is 13.8. The highest BCUT2D eigenvalue weighted by molar-refractivity contribution is 7.98. The van der Waals surface area contributed by atoms with Gasteiger partial charge in [-0.1, -0.05) is 42.1 Å². The second kappa shape index (κ2) is 8.86. The SMILES string of the molecule is FC(F)n1c(CSc2nc(CN3CCOCC3)nc3ccccc23)nc2ccccc21. The van der Waals surface area contributed by atoms with Gasteiger partial charge in [0.2, 0.25) is 0 Å². The van der Waals surface area contributed by atoms with Crippen molar-refractivity contribution in [1.29, 1.82) is 0 Å². The third-order valence-corrected chi connectivity index (χ3v) is 6.27. The lowest BCUT2D eigenvalue weighted by atomic mass is 10.2. The molecule has 1 fully saturated rings. The molecular formula is C22H21F2N5OS. The Bertz CT molecular complexity index is 1210. The summed E-state index contributed by atoms with van der Waals surface area (Å²) in [5.41, 5.74) is 1.86. The molecule has 5 rings (SSSR count). The second-order valence-electron chi connectivity index (χ2n) is 7.30. The normalized spacial score (nSPS) is 15.3. The smallest absolute Gasteiger partial charge is 0.320 e. The summed E-state index contributed by atoms with van der Waals surface area (Å²) in [4.78, 5) is 16.2. The molecule has 0 amide bonds. The zero-order chi connectivity index (χ0) is 21.2. The quantitative estimate of drug-likeness (QED) is 0.324. The molecule has 0 spiro atoms. The van der Waals surface area contributed by atoms with E-state index < -0.39 is 6.55 Å². The molecule has 9 heteroatoms. The maximum atomic E-state index is 13.8. The van der Waals surface area contributed by atoms with Crippen LogP contribution in [0.1, 0.15) is 18.2 Å². The van der Waals surface area contributed by atoms with Crippen molar-refractivity contribution in [2.75, 3.05) is 26.3 Å². The van der Waals surface area contributed by atoms with E-state index in [0.29, 0.717) is 36.6 Å². The minimum Gasteiger partial charge on any atom is -0.379 e. The summed E-state index contributed by atoms with van der Waals surface area (Å²) in [5, 5.41) is 1.69. The first kappa shape index (κ1) is 20.3. The summed E-state index contributed by atoms with van der Waals surface area (Å²) >= 11 is 1.42. The van der Waals surface area contributed by atoms with Crippen LogP contribution >= 0.6 is 11.8 Å². The van der Waals surface area contributed by atoms with Crippen LogP contribution in [0.4, 0.5) is 8.78 Å². The summed E-state index contributed by atoms with van der Waals surface area (Å²) in [5.74, 6) is 1.35. The van der Waals surface area contributed by atoms with E-state index >= 15 is 0 Å². The highest BCUT2D eigenvalue weighted by atomic mass is 32.2. The molecule has 160 valence electrons. The topological polar surface area (TPSA) is 56.1 Å². The molecule has 0 aliphatic carbocycles. The van der Waals surface area contributed by atoms with Crippen LogP contribution in [0.5, 0.6) is 0 Å². The van der Waals surface area contributed by atoms with E-state index in [1.54, 1.807) is 24.3 Å². The number of rotatable bonds is 6. The maximum Gasteiger partial charge on any atom is 0.320 e. The third-order valence-electron chi connectivity index (χ3n) is 5.29. The highest BCUT2D eigenvalue weighted by Gasteiger charge is 2.19. The summed E-state index contributed by atoms with van der Waals surface area (Å²) in [6.07, 6.45) is 0. The van der Waals surface area contributed by atoms with Gasteiger partial charge in [-0.05, 0) is 18.2 Å². The van der Waals surface area contributed by atoms with Gasteiger partial charge >= 0.3 is 6.55 Å². The van der Waals surface area contributed by atoms with Gasteiger partial charge in [-0.3, -0.25) is 9.47 Å². The van der Waals surface area contributed by atoms with E-state index in [1.807, 2.05) is 24.3 Å². The van der Waals surface area contributed by atoms with Crippen LogP contribution < -0.4 is 0 Å². The number of ether oxygens (including phenoxy) is 1. The van der Waals surface area contributed by atoms with Gasteiger partial charge in [-0.25, -0.2) is 15.0 Å². The molecule has 1 aliphatic rings. The van der Waals surface area contributed by atoms with E-state index in [-0.39, 0.29) is 5.75 Å². The Morgan fingerprint density at radius 2 is 1.68 bits per heavy atom. The van der Waals surface area contributed by atoms with Crippen LogP contribution in [0.2, 0.25) is 0 Å². The standard InChI is InChI=1S/C22H21F2N5OS/c23-22(24)29-18-8-4-3-7-17(18)26-20(29)14-31-21-15-5-1-2-6-16(15)25-19(27-21)13-28-9-11-30-12-10-28/h1-8,22H,9-14H2. The molecule has 1 saturated heterocycles. The fraction of sp³-hybridized carbons (Fsp3) is 0.318. The Morgan fingerprint density at radius 3 is 2.48 bits per heavy atom. The molecule has 0 saturated carbocycles. The van der Waals surface area contributed by atoms with Gasteiger partial charge in [0.25, 0.3) is 0 Å². The van der Waals surface area contributed by atoms with E-state index in [2.05, 4.69) is 9.88 Å². The minimum absolute atomic E-state index is 0.289. The number of thioether (sulfide) groups is 1. The number of halogens is 2. The number of imidazole rings is 1. The number of para-hydroxylation sites is 3. The van der Waals surface area contributed by atoms with Crippen LogP contribution in [0, 0.1) is 0 Å². The van der Waals surface area contributed by atoms with Gasteiger partial charge in [0.15, 0.2) is 0 Å². The molecule has 31 heavy (non-hydrogen) atoms. The van der Waals surface area contributed by atoms with Crippen molar-refractivity contribution < 1.29 is 13.5 Å². The molecule has 0 radical (unpaired) electrons. The van der Waals surface area contributed by atoms with Crippen LogP contribution in [0.25, 0.3) is 21.9 Å². The Morgan fingerprint density at radius 1 is 0.935 bits per heavy atom. The molecule has 2 aromatic heterocycles. The average Bonchev–Trinajstić information content (AvgIpc) is 3.17. The van der Waals surface area contributed by atoms with Crippen LogP contribution in [0.15, 0.2) is 53.6 Å². The fourth-order valence-electron chi connectivity index (χ4n) is 3.78. The van der Waals surface area contributed by atoms with Crippen molar-refractivity contribution in [3.63, 3.8) is 0 Å². The number of alkyl halides is 2. The molecule has 3 heterocycles. The van der Waals surface area contributed by atoms with Gasteiger partial charge in [-0.2, -0.15) is 8.78 Å². The van der Waals surface area contributed by atoms with Crippen LogP contribution in [0.3, 0.4) is 0 Å². The highest BCUT2D eigenvalue weighted by Crippen LogP contribution is 2.31. The van der Waals surface area contributed by atoms with Crippen molar-refractivity contribution >= 4 is 33.7 Å². The summed E-state index contributed by atoms with van der Waals surface area (Å²) in [6, 6.07) is 14.8. The number of aromatic nitrogens is 4. The van der Waals surface area contributed by atoms with Crippen molar-refractivity contribution in [3.05, 3.63) is 60.2 Å². The van der Waals surface area contributed by atoms with Gasteiger partial charge in [0, 0.05) is 18.5 Å². The molecule has 0 bridgehead atoms. The molecule has 4 aromatic rings. The van der Waals surface area contributed by atoms with Crippen molar-refractivity contribution in [2.24, 2.45) is 0 Å². The number of nitrogens with zero attached hydrogens (tertiary/aromatic N) is 5. The lowest BCUT2D eigenvalue weighted by Gasteiger charge is -2.25. The number of hydrogen-bond acceptors (Lipinski definition) is 6. The average molecular weight is 442 g/mol. The summed E-state index contributed by atoms with van der Waals surface area (Å²) in [6.45, 7) is 1.09. The molecule has 6 nitrogen and oxygen atoms in total. The van der Waals surface area contributed by atoms with E-state index in [9.17, 15) is 8.78 Å². The molecule has 2 aromatic carbocycles. The third kappa shape index (κ3) is 4.26. The Balaban J connectivity index is 1.46. The summed E-state index contributed by atoms with van der Waals surface area (Å²) < 4.78 is 34.0. The minimum atomic E-state index is -2.65. The Hall–Kier alpha value is -2.62. The second-order valence-corrected chi connectivity index (χ2v) is 8.27. The summed E-state index contributed by atoms with van der Waals surface area (Å²) in [7, 11) is 0. The lowest BCUT2D eigenvalue weighted by Crippen LogP contribution is -2.36. The van der Waals surface area contributed by atoms with Gasteiger partial charge in [-0.15, -0.1) is 0 Å². The Kier molecular flexibility index (Phi) is 5.80. The fourth-order valence-corrected chi connectivity index (χ4v) is 4.75. The first-order chi connectivity index (χ1) is 15.2. The zero-order valence-electron chi connectivity index (χ0n) is 16.7. The number of fused-ring (bicyclic) bond motifs is 2. The van der Waals surface area contributed by atoms with Gasteiger partial charge in [0.1, 0.15) is 16.7 Å². The van der Waals surface area contributed by atoms with Crippen molar-refractivity contribution in [2.45, 2.75) is 23.9 Å². The van der Waals surface area contributed by atoms with E-state index in [4.69, 9.17) is 14.7 Å². The lowest BCUT2D eigenvalue weighted by molar-refractivity contribution is 0.0330. The molecule has 0 N–H and O–H groups in total. The number of hydrogen-bond donors (Lipinski definition) is 0. The zero-order valence-corrected chi connectivity index (χ0v) is 17.6. The van der Waals surface area contributed by atoms with Crippen LogP contribution in [-0.4, -0.2) is 50.7 Å². The number of morpholine rings is 1. The molecular weight excluding hydrogens is 420 g/mol. The molecule has 0 unspecified atom stereocenters. The predicted molar refractivity (Wildman–Crippen MR) is 116 cm³/mol. The monoisotopic (exact) mass is 441 g/mol. The Labute approximate surface area is 182 Å². The first-order valence-corrected chi connectivity index (χ1v) is 11.1. The molecule has 0 atom stereocenters. The van der Waals surface area contributed by atoms with E-state index in [1.165, 1.54) is 11.8 Å². The van der Waals surface area contributed by atoms with Crippen molar-refractivity contribution in [1.82, 2.24) is 24.4 Å². The first-order valence-electron chi connectivity index (χ1n) is 10.1. The molecule has 1 aliphatic heterocycles. The van der Waals surface area contributed by atoms with Gasteiger partial charge in [0.05, 0.1) is 42.1 Å². The van der Waals surface area contributed by atoms with E-state index in [0.717, 1.165) is 39.4 Å². The number of benzene rings is 2. The van der Waals surface area contributed by atoms with Crippen molar-refractivity contribution in [3.8, 4) is 0 Å². The van der Waals surface area contributed by atoms with Gasteiger partial charge < -0.3 is 4.74 Å². The largest absolute Gasteiger partial charge is 0.379 e.